The Balaban J connectivity index is 0.00000264. The molecular formula is C17H32ClN3O2. The largest absolute Gasteiger partial charge is 0.350 e. The van der Waals surface area contributed by atoms with Gasteiger partial charge in [-0.05, 0) is 37.1 Å². The third-order valence-electron chi connectivity index (χ3n) is 4.71. The molecule has 0 aromatic carbocycles. The number of carbonyl (C=O) groups excluding carboxylic acids is 2. The topological polar surface area (TPSA) is 61.4 Å². The summed E-state index contributed by atoms with van der Waals surface area (Å²) in [6.07, 6.45) is 3.29. The van der Waals surface area contributed by atoms with Gasteiger partial charge in [0.1, 0.15) is 6.04 Å². The average Bonchev–Trinajstić information content (AvgIpc) is 2.89. The quantitative estimate of drug-likeness (QED) is 0.821. The number of hydrogen-bond acceptors (Lipinski definition) is 3. The first-order chi connectivity index (χ1) is 10.3. The molecule has 0 bridgehead atoms. The number of nitrogens with one attached hydrogen (secondary N) is 2. The van der Waals surface area contributed by atoms with Crippen molar-refractivity contribution in [2.24, 2.45) is 11.3 Å². The summed E-state index contributed by atoms with van der Waals surface area (Å²) < 4.78 is 0. The third-order valence-corrected chi connectivity index (χ3v) is 4.71. The van der Waals surface area contributed by atoms with Crippen molar-refractivity contribution in [2.45, 2.75) is 65.5 Å². The van der Waals surface area contributed by atoms with Crippen LogP contribution in [0, 0.1) is 11.3 Å². The predicted molar refractivity (Wildman–Crippen MR) is 94.6 cm³/mol. The molecule has 5 nitrogen and oxygen atoms in total. The number of amides is 2. The van der Waals surface area contributed by atoms with Crippen LogP contribution in [0.3, 0.4) is 0 Å². The number of piperidine rings is 1. The summed E-state index contributed by atoms with van der Waals surface area (Å²) in [6, 6.07) is -0.0922. The minimum atomic E-state index is -0.274. The van der Waals surface area contributed by atoms with Gasteiger partial charge in [-0.2, -0.15) is 0 Å². The summed E-state index contributed by atoms with van der Waals surface area (Å²) in [5.74, 6) is 0.630. The number of nitrogens with zero attached hydrogens (tertiary/aromatic N) is 1. The molecule has 2 rings (SSSR count). The Morgan fingerprint density at radius 1 is 1.26 bits per heavy atom. The fourth-order valence-corrected chi connectivity index (χ4v) is 3.35. The van der Waals surface area contributed by atoms with Crippen molar-refractivity contribution in [3.05, 3.63) is 0 Å². The summed E-state index contributed by atoms with van der Waals surface area (Å²) in [7, 11) is 0. The van der Waals surface area contributed by atoms with Gasteiger partial charge in [-0.1, -0.05) is 27.7 Å². The van der Waals surface area contributed by atoms with Crippen LogP contribution in [0.2, 0.25) is 0 Å². The van der Waals surface area contributed by atoms with E-state index < -0.39 is 0 Å². The molecule has 3 atom stereocenters. The average molecular weight is 346 g/mol. The van der Waals surface area contributed by atoms with E-state index in [2.05, 4.69) is 38.3 Å². The molecule has 2 N–H and O–H groups in total. The third kappa shape index (κ3) is 5.64. The Hall–Kier alpha value is -0.810. The van der Waals surface area contributed by atoms with Crippen LogP contribution < -0.4 is 10.6 Å². The standard InChI is InChI=1S/C17H31N3O2.ClH/c1-12-7-8-18-11-13(12)19-16(22)14-6-5-9-20(14)15(21)10-17(2,3)4;/h12-14,18H,5-11H2,1-4H3,(H,19,22);1H. The van der Waals surface area contributed by atoms with Crippen LogP contribution in [0.1, 0.15) is 53.4 Å². The van der Waals surface area contributed by atoms with Crippen molar-refractivity contribution >= 4 is 24.2 Å². The molecule has 134 valence electrons. The van der Waals surface area contributed by atoms with Gasteiger partial charge in [0, 0.05) is 25.6 Å². The minimum Gasteiger partial charge on any atom is -0.350 e. The van der Waals surface area contributed by atoms with Crippen molar-refractivity contribution < 1.29 is 9.59 Å². The van der Waals surface area contributed by atoms with Gasteiger partial charge in [0.2, 0.25) is 11.8 Å². The minimum absolute atomic E-state index is 0. The van der Waals surface area contributed by atoms with E-state index in [9.17, 15) is 9.59 Å². The summed E-state index contributed by atoms with van der Waals surface area (Å²) in [5.41, 5.74) is -0.0392. The predicted octanol–water partition coefficient (Wildman–Crippen LogP) is 1.95. The number of likely N-dealkylation sites (tertiary alicyclic amines) is 1. The van der Waals surface area contributed by atoms with Crippen LogP contribution in [0.4, 0.5) is 0 Å². The lowest BCUT2D eigenvalue weighted by atomic mass is 9.91. The van der Waals surface area contributed by atoms with Gasteiger partial charge in [0.05, 0.1) is 0 Å². The van der Waals surface area contributed by atoms with Crippen molar-refractivity contribution in [3.63, 3.8) is 0 Å². The molecule has 2 heterocycles. The monoisotopic (exact) mass is 345 g/mol. The highest BCUT2D eigenvalue weighted by atomic mass is 35.5. The molecule has 2 aliphatic heterocycles. The van der Waals surface area contributed by atoms with E-state index in [1.165, 1.54) is 0 Å². The van der Waals surface area contributed by atoms with E-state index >= 15 is 0 Å². The fourth-order valence-electron chi connectivity index (χ4n) is 3.35. The summed E-state index contributed by atoms with van der Waals surface area (Å²) in [4.78, 5) is 26.9. The second-order valence-electron chi connectivity index (χ2n) is 8.07. The van der Waals surface area contributed by atoms with Crippen LogP contribution in [-0.2, 0) is 9.59 Å². The van der Waals surface area contributed by atoms with Gasteiger partial charge in [0.25, 0.3) is 0 Å². The molecule has 0 aromatic heterocycles. The zero-order chi connectivity index (χ0) is 16.3. The molecule has 0 aromatic rings. The smallest absolute Gasteiger partial charge is 0.243 e. The zero-order valence-electron chi connectivity index (χ0n) is 14.9. The lowest BCUT2D eigenvalue weighted by molar-refractivity contribution is -0.140. The van der Waals surface area contributed by atoms with E-state index in [0.29, 0.717) is 18.9 Å². The first kappa shape index (κ1) is 20.2. The van der Waals surface area contributed by atoms with E-state index in [-0.39, 0.29) is 41.7 Å². The Morgan fingerprint density at radius 3 is 2.57 bits per heavy atom. The number of carbonyl (C=O) groups is 2. The first-order valence-electron chi connectivity index (χ1n) is 8.58. The molecule has 6 heteroatoms. The molecule has 0 aliphatic carbocycles. The molecule has 0 radical (unpaired) electrons. The van der Waals surface area contributed by atoms with Gasteiger partial charge < -0.3 is 15.5 Å². The van der Waals surface area contributed by atoms with Crippen LogP contribution in [0.25, 0.3) is 0 Å². The Morgan fingerprint density at radius 2 is 1.96 bits per heavy atom. The molecule has 23 heavy (non-hydrogen) atoms. The van der Waals surface area contributed by atoms with E-state index in [4.69, 9.17) is 0 Å². The molecule has 2 aliphatic rings. The van der Waals surface area contributed by atoms with Crippen molar-refractivity contribution in [1.29, 1.82) is 0 Å². The Bertz CT molecular complexity index is 423. The fraction of sp³-hybridized carbons (Fsp3) is 0.882. The normalized spacial score (nSPS) is 28.2. The van der Waals surface area contributed by atoms with Gasteiger partial charge in [-0.15, -0.1) is 12.4 Å². The van der Waals surface area contributed by atoms with Crippen molar-refractivity contribution in [3.8, 4) is 0 Å². The lowest BCUT2D eigenvalue weighted by Crippen LogP contribution is -2.55. The number of hydrogen-bond donors (Lipinski definition) is 2. The maximum Gasteiger partial charge on any atom is 0.243 e. The molecule has 3 unspecified atom stereocenters. The molecule has 2 saturated heterocycles. The van der Waals surface area contributed by atoms with Gasteiger partial charge in [-0.25, -0.2) is 0 Å². The van der Waals surface area contributed by atoms with Crippen molar-refractivity contribution in [1.82, 2.24) is 15.5 Å². The van der Waals surface area contributed by atoms with Crippen LogP contribution in [0.5, 0.6) is 0 Å². The van der Waals surface area contributed by atoms with Crippen LogP contribution in [-0.4, -0.2) is 48.4 Å². The number of halogens is 1. The first-order valence-corrected chi connectivity index (χ1v) is 8.58. The highest BCUT2D eigenvalue weighted by Gasteiger charge is 2.36. The summed E-state index contributed by atoms with van der Waals surface area (Å²) >= 11 is 0. The second-order valence-corrected chi connectivity index (χ2v) is 8.07. The number of rotatable bonds is 3. The second kappa shape index (κ2) is 8.34. The SMILES string of the molecule is CC1CCNCC1NC(=O)C1CCCN1C(=O)CC(C)(C)C.Cl. The molecule has 0 spiro atoms. The highest BCUT2D eigenvalue weighted by molar-refractivity contribution is 5.88. The van der Waals surface area contributed by atoms with Gasteiger partial charge in [-0.3, -0.25) is 9.59 Å². The Labute approximate surface area is 146 Å². The summed E-state index contributed by atoms with van der Waals surface area (Å²) in [5, 5.41) is 6.49. The van der Waals surface area contributed by atoms with Gasteiger partial charge >= 0.3 is 0 Å². The van der Waals surface area contributed by atoms with E-state index in [1.807, 2.05) is 0 Å². The molecular weight excluding hydrogens is 314 g/mol. The van der Waals surface area contributed by atoms with Gasteiger partial charge in [0.15, 0.2) is 0 Å². The van der Waals surface area contributed by atoms with E-state index in [0.717, 1.165) is 32.4 Å². The van der Waals surface area contributed by atoms with Crippen LogP contribution in [0.15, 0.2) is 0 Å². The van der Waals surface area contributed by atoms with Crippen LogP contribution >= 0.6 is 12.4 Å². The molecule has 2 fully saturated rings. The maximum atomic E-state index is 12.6. The zero-order valence-corrected chi connectivity index (χ0v) is 15.7. The lowest BCUT2D eigenvalue weighted by Gasteiger charge is -2.33. The molecule has 2 amide bonds. The van der Waals surface area contributed by atoms with E-state index in [1.54, 1.807) is 4.90 Å². The highest BCUT2D eigenvalue weighted by Crippen LogP contribution is 2.25. The molecule has 0 saturated carbocycles. The summed E-state index contributed by atoms with van der Waals surface area (Å²) in [6.45, 7) is 10.9. The van der Waals surface area contributed by atoms with Crippen molar-refractivity contribution in [2.75, 3.05) is 19.6 Å². The Kier molecular flexibility index (Phi) is 7.33. The maximum absolute atomic E-state index is 12.6.